The summed E-state index contributed by atoms with van der Waals surface area (Å²) in [6.45, 7) is 6.73. The van der Waals surface area contributed by atoms with Crippen molar-refractivity contribution in [2.45, 2.75) is 68.8 Å². The predicted octanol–water partition coefficient (Wildman–Crippen LogP) is 4.85. The molecule has 5 atom stereocenters. The topological polar surface area (TPSA) is 77.4 Å². The third kappa shape index (κ3) is 5.94. The molecule has 4 aromatic carbocycles. The Labute approximate surface area is 262 Å². The second-order valence-electron chi connectivity index (χ2n) is 12.4. The van der Waals surface area contributed by atoms with Crippen molar-refractivity contribution in [2.75, 3.05) is 13.7 Å². The molecule has 6 nitrogen and oxygen atoms in total. The minimum atomic E-state index is -3.31. The first-order chi connectivity index (χ1) is 21.3. The summed E-state index contributed by atoms with van der Waals surface area (Å²) >= 11 is 0. The third-order valence-electron chi connectivity index (χ3n) is 8.82. The molecule has 1 fully saturated rings. The summed E-state index contributed by atoms with van der Waals surface area (Å²) in [4.78, 5) is 0. The van der Waals surface area contributed by atoms with E-state index in [2.05, 4.69) is 45.0 Å². The average molecular weight is 613 g/mol. The Morgan fingerprint density at radius 1 is 0.705 bits per heavy atom. The van der Waals surface area contributed by atoms with Gasteiger partial charge in [0.25, 0.3) is 0 Å². The summed E-state index contributed by atoms with van der Waals surface area (Å²) in [6.07, 6.45) is -3.91. The van der Waals surface area contributed by atoms with Crippen LogP contribution < -0.4 is 10.4 Å². The fraction of sp³-hybridized carbons (Fsp3) is 0.351. The first-order valence-electron chi connectivity index (χ1n) is 15.2. The molecule has 0 radical (unpaired) electrons. The number of rotatable bonds is 11. The third-order valence-corrected chi connectivity index (χ3v) is 15.1. The zero-order valence-corrected chi connectivity index (χ0v) is 27.0. The van der Waals surface area contributed by atoms with Gasteiger partial charge in [0.05, 0.1) is 19.8 Å². The average Bonchev–Trinajstić information content (AvgIpc) is 3.05. The van der Waals surface area contributed by atoms with Crippen LogP contribution in [0.15, 0.2) is 121 Å². The molecule has 0 spiro atoms. The highest BCUT2D eigenvalue weighted by molar-refractivity contribution is 7.06. The van der Waals surface area contributed by atoms with E-state index in [1.807, 2.05) is 97.1 Å². The molecule has 5 rings (SSSR count). The molecule has 0 aliphatic carbocycles. The molecule has 0 amide bonds. The molecule has 7 heteroatoms. The summed E-state index contributed by atoms with van der Waals surface area (Å²) in [5, 5.41) is 24.2. The summed E-state index contributed by atoms with van der Waals surface area (Å²) in [5.74, 6) is 0. The fourth-order valence-corrected chi connectivity index (χ4v) is 13.6. The summed E-state index contributed by atoms with van der Waals surface area (Å²) in [5.41, 5.74) is 0.499. The van der Waals surface area contributed by atoms with Gasteiger partial charge in [-0.05, 0) is 26.5 Å². The lowest BCUT2D eigenvalue weighted by molar-refractivity contribution is -0.340. The number of hydrogen-bond acceptors (Lipinski definition) is 6. The van der Waals surface area contributed by atoms with E-state index in [9.17, 15) is 10.2 Å². The number of aliphatic hydroxyl groups is 2. The van der Waals surface area contributed by atoms with Crippen LogP contribution in [-0.4, -0.2) is 61.8 Å². The smallest absolute Gasteiger partial charge is 0.195 e. The lowest BCUT2D eigenvalue weighted by Gasteiger charge is -2.61. The first-order valence-corrected chi connectivity index (χ1v) is 17.2. The van der Waals surface area contributed by atoms with Crippen LogP contribution in [0.4, 0.5) is 0 Å². The van der Waals surface area contributed by atoms with Gasteiger partial charge in [0.15, 0.2) is 13.5 Å². The van der Waals surface area contributed by atoms with Crippen molar-refractivity contribution in [3.63, 3.8) is 0 Å². The lowest BCUT2D eigenvalue weighted by Crippen LogP contribution is -2.86. The number of ether oxygens (including phenoxy) is 4. The number of methoxy groups -OCH3 is 1. The Kier molecular flexibility index (Phi) is 10.2. The van der Waals surface area contributed by atoms with Crippen LogP contribution in [0.3, 0.4) is 0 Å². The SMILES string of the molecule is CO[C@]1([Si](c2ccccc2)(c2ccccc2)C(C)(C)C)O[C@H](CO)[C@@H](O)[C@H](OCc2ccccc2)[C@H]1OCc1ccccc1. The molecule has 0 saturated carbocycles. The van der Waals surface area contributed by atoms with Gasteiger partial charge in [-0.15, -0.1) is 0 Å². The number of aliphatic hydroxyl groups excluding tert-OH is 2. The van der Waals surface area contributed by atoms with Gasteiger partial charge >= 0.3 is 0 Å². The molecule has 1 heterocycles. The highest BCUT2D eigenvalue weighted by atomic mass is 28.3. The Bertz CT molecular complexity index is 1390. The van der Waals surface area contributed by atoms with Crippen LogP contribution >= 0.6 is 0 Å². The van der Waals surface area contributed by atoms with Crippen LogP contribution in [0.1, 0.15) is 31.9 Å². The van der Waals surface area contributed by atoms with E-state index in [4.69, 9.17) is 18.9 Å². The number of benzene rings is 4. The second-order valence-corrected chi connectivity index (χ2v) is 17.3. The van der Waals surface area contributed by atoms with Crippen molar-refractivity contribution in [1.29, 1.82) is 0 Å². The van der Waals surface area contributed by atoms with E-state index in [1.165, 1.54) is 0 Å². The quantitative estimate of drug-likeness (QED) is 0.236. The van der Waals surface area contributed by atoms with Gasteiger partial charge in [0, 0.05) is 7.11 Å². The second kappa shape index (κ2) is 13.9. The molecule has 232 valence electrons. The van der Waals surface area contributed by atoms with Crippen molar-refractivity contribution in [1.82, 2.24) is 0 Å². The molecular weight excluding hydrogens is 568 g/mol. The largest absolute Gasteiger partial charge is 0.394 e. The molecule has 1 saturated heterocycles. The summed E-state index contributed by atoms with van der Waals surface area (Å²) < 4.78 is 27.3. The normalized spacial score (nSPS) is 24.2. The number of hydrogen-bond donors (Lipinski definition) is 2. The van der Waals surface area contributed by atoms with Crippen molar-refractivity contribution >= 4 is 18.4 Å². The Hall–Kier alpha value is -3.14. The van der Waals surface area contributed by atoms with E-state index < -0.39 is 49.5 Å². The molecule has 4 aromatic rings. The Morgan fingerprint density at radius 3 is 1.55 bits per heavy atom. The maximum Gasteiger partial charge on any atom is 0.195 e. The van der Waals surface area contributed by atoms with E-state index >= 15 is 0 Å². The standard InChI is InChI=1S/C37H44O6Si/c1-36(2,3)44(30-21-13-7-14-22-30,31-23-15-8-16-24-31)37(40-4)35(42-27-29-19-11-6-12-20-29)34(33(39)32(25-38)43-37)41-26-28-17-9-5-10-18-28/h5-24,32-35,38-39H,25-27H2,1-4H3/t32-,33-,34+,35-,37+/m1/s1. The highest BCUT2D eigenvalue weighted by Gasteiger charge is 2.72. The molecule has 0 unspecified atom stereocenters. The first kappa shape index (κ1) is 32.3. The van der Waals surface area contributed by atoms with Gasteiger partial charge in [-0.25, -0.2) is 0 Å². The highest BCUT2D eigenvalue weighted by Crippen LogP contribution is 2.50. The van der Waals surface area contributed by atoms with E-state index in [0.29, 0.717) is 0 Å². The Morgan fingerprint density at radius 2 is 1.14 bits per heavy atom. The van der Waals surface area contributed by atoms with E-state index in [-0.39, 0.29) is 13.2 Å². The Balaban J connectivity index is 1.77. The molecule has 44 heavy (non-hydrogen) atoms. The van der Waals surface area contributed by atoms with E-state index in [0.717, 1.165) is 21.5 Å². The molecule has 1 aliphatic rings. The molecule has 1 aliphatic heterocycles. The molecular formula is C37H44O6Si. The maximum atomic E-state index is 11.8. The zero-order chi connectivity index (χ0) is 31.2. The molecule has 2 N–H and O–H groups in total. The minimum absolute atomic E-state index is 0.243. The minimum Gasteiger partial charge on any atom is -0.394 e. The van der Waals surface area contributed by atoms with Gasteiger partial charge in [-0.2, -0.15) is 0 Å². The maximum absolute atomic E-state index is 11.8. The van der Waals surface area contributed by atoms with Crippen LogP contribution in [-0.2, 0) is 32.2 Å². The molecule has 0 bridgehead atoms. The van der Waals surface area contributed by atoms with Crippen LogP contribution in [0.5, 0.6) is 0 Å². The van der Waals surface area contributed by atoms with Gasteiger partial charge in [-0.1, -0.05) is 142 Å². The molecule has 0 aromatic heterocycles. The van der Waals surface area contributed by atoms with Gasteiger partial charge < -0.3 is 29.2 Å². The van der Waals surface area contributed by atoms with Crippen molar-refractivity contribution in [3.8, 4) is 0 Å². The van der Waals surface area contributed by atoms with Crippen molar-refractivity contribution in [2.24, 2.45) is 0 Å². The zero-order valence-electron chi connectivity index (χ0n) is 26.0. The van der Waals surface area contributed by atoms with Crippen LogP contribution in [0.25, 0.3) is 0 Å². The summed E-state index contributed by atoms with van der Waals surface area (Å²) in [7, 11) is -1.66. The fourth-order valence-electron chi connectivity index (χ4n) is 6.98. The van der Waals surface area contributed by atoms with Crippen LogP contribution in [0.2, 0.25) is 5.04 Å². The van der Waals surface area contributed by atoms with E-state index in [1.54, 1.807) is 7.11 Å². The summed E-state index contributed by atoms with van der Waals surface area (Å²) in [6, 6.07) is 40.5. The van der Waals surface area contributed by atoms with Crippen molar-refractivity contribution in [3.05, 3.63) is 132 Å². The van der Waals surface area contributed by atoms with Gasteiger partial charge in [0.1, 0.15) is 24.4 Å². The van der Waals surface area contributed by atoms with Crippen molar-refractivity contribution < 1.29 is 29.2 Å². The predicted molar refractivity (Wildman–Crippen MR) is 175 cm³/mol. The monoisotopic (exact) mass is 612 g/mol. The van der Waals surface area contributed by atoms with Crippen LogP contribution in [0, 0.1) is 0 Å². The lowest BCUT2D eigenvalue weighted by atomic mass is 9.98. The van der Waals surface area contributed by atoms with Gasteiger partial charge in [0.2, 0.25) is 0 Å². The van der Waals surface area contributed by atoms with Gasteiger partial charge in [-0.3, -0.25) is 0 Å².